The number of aromatic nitrogens is 1. The highest BCUT2D eigenvalue weighted by atomic mass is 32.1. The third kappa shape index (κ3) is 3.48. The lowest BCUT2D eigenvalue weighted by Crippen LogP contribution is -2.64. The number of para-hydroxylation sites is 1. The Labute approximate surface area is 192 Å². The zero-order valence-corrected chi connectivity index (χ0v) is 19.4. The Balaban J connectivity index is 1.55. The molecular weight excluding hydrogens is 422 g/mol. The van der Waals surface area contributed by atoms with Crippen molar-refractivity contribution in [3.8, 4) is 5.75 Å². The molecule has 1 aliphatic heterocycles. The van der Waals surface area contributed by atoms with Crippen LogP contribution in [0, 0.1) is 0 Å². The average molecular weight is 452 g/mol. The van der Waals surface area contributed by atoms with Crippen molar-refractivity contribution in [2.75, 3.05) is 6.61 Å². The summed E-state index contributed by atoms with van der Waals surface area (Å²) >= 11 is 1.62. The zero-order chi connectivity index (χ0) is 22.3. The molecule has 1 aromatic carbocycles. The van der Waals surface area contributed by atoms with Crippen molar-refractivity contribution in [3.05, 3.63) is 53.0 Å². The molecule has 0 saturated heterocycles. The van der Waals surface area contributed by atoms with Crippen LogP contribution in [0.3, 0.4) is 0 Å². The first kappa shape index (κ1) is 21.1. The number of hydrogen-bond acceptors (Lipinski definition) is 4. The van der Waals surface area contributed by atoms with Gasteiger partial charge in [0.05, 0.1) is 29.9 Å². The Kier molecular flexibility index (Phi) is 5.45. The van der Waals surface area contributed by atoms with Gasteiger partial charge in [-0.1, -0.05) is 31.0 Å². The minimum Gasteiger partial charge on any atom is -0.494 e. The van der Waals surface area contributed by atoms with E-state index in [0.29, 0.717) is 25.4 Å². The van der Waals surface area contributed by atoms with Crippen molar-refractivity contribution in [2.24, 2.45) is 0 Å². The van der Waals surface area contributed by atoms with E-state index in [1.54, 1.807) is 16.2 Å². The number of benzene rings is 1. The lowest BCUT2D eigenvalue weighted by Gasteiger charge is -2.44. The van der Waals surface area contributed by atoms with Crippen LogP contribution in [0.5, 0.6) is 5.75 Å². The molecule has 168 valence electrons. The number of ether oxygens (including phenoxy) is 1. The second kappa shape index (κ2) is 8.28. The Morgan fingerprint density at radius 1 is 1.25 bits per heavy atom. The molecule has 1 atom stereocenters. The van der Waals surface area contributed by atoms with Crippen molar-refractivity contribution in [2.45, 2.75) is 64.2 Å². The number of amides is 2. The Bertz CT molecular complexity index is 1160. The lowest BCUT2D eigenvalue weighted by molar-refractivity contribution is -0.133. The minimum absolute atomic E-state index is 0.0747. The molecule has 0 bridgehead atoms. The zero-order valence-electron chi connectivity index (χ0n) is 18.6. The molecule has 1 N–H and O–H groups in total. The molecule has 2 aromatic heterocycles. The SMILES string of the molecule is CCOc1ccccc1CN1C(=O)c2cc3sccc3n2C[C@@]1(C)C(=O)NC1CCCC1. The summed E-state index contributed by atoms with van der Waals surface area (Å²) in [5.41, 5.74) is 1.57. The first-order valence-corrected chi connectivity index (χ1v) is 12.3. The van der Waals surface area contributed by atoms with Crippen molar-refractivity contribution < 1.29 is 14.3 Å². The molecule has 6 nitrogen and oxygen atoms in total. The first-order valence-electron chi connectivity index (χ1n) is 11.4. The van der Waals surface area contributed by atoms with Gasteiger partial charge in [0.1, 0.15) is 17.0 Å². The summed E-state index contributed by atoms with van der Waals surface area (Å²) in [4.78, 5) is 29.2. The number of nitrogens with one attached hydrogen (secondary N) is 1. The van der Waals surface area contributed by atoms with E-state index in [9.17, 15) is 9.59 Å². The molecule has 0 spiro atoms. The van der Waals surface area contributed by atoms with Crippen LogP contribution < -0.4 is 10.1 Å². The largest absolute Gasteiger partial charge is 0.494 e. The van der Waals surface area contributed by atoms with Gasteiger partial charge in [-0.2, -0.15) is 0 Å². The smallest absolute Gasteiger partial charge is 0.271 e. The number of thiophene rings is 1. The minimum atomic E-state index is -1.00. The van der Waals surface area contributed by atoms with E-state index in [1.165, 1.54) is 0 Å². The molecule has 1 fully saturated rings. The molecule has 1 saturated carbocycles. The van der Waals surface area contributed by atoms with E-state index in [2.05, 4.69) is 5.32 Å². The third-order valence-electron chi connectivity index (χ3n) is 6.83. The molecule has 5 rings (SSSR count). The predicted molar refractivity (Wildman–Crippen MR) is 126 cm³/mol. The van der Waals surface area contributed by atoms with Gasteiger partial charge in [-0.25, -0.2) is 0 Å². The number of rotatable bonds is 6. The van der Waals surface area contributed by atoms with Crippen LogP contribution in [0.4, 0.5) is 0 Å². The second-order valence-corrected chi connectivity index (χ2v) is 9.89. The van der Waals surface area contributed by atoms with Crippen LogP contribution in [-0.4, -0.2) is 39.5 Å². The number of carbonyl (C=O) groups is 2. The number of fused-ring (bicyclic) bond motifs is 3. The topological polar surface area (TPSA) is 63.6 Å². The van der Waals surface area contributed by atoms with Gasteiger partial charge in [0.15, 0.2) is 0 Å². The van der Waals surface area contributed by atoms with Crippen molar-refractivity contribution >= 4 is 33.4 Å². The van der Waals surface area contributed by atoms with Gasteiger partial charge < -0.3 is 19.5 Å². The maximum absolute atomic E-state index is 13.8. The molecule has 7 heteroatoms. The standard InChI is InChI=1S/C25H29N3O3S/c1-3-31-21-11-7-4-8-17(21)15-28-23(29)20-14-22-19(12-13-32-22)27(20)16-25(28,2)24(30)26-18-9-5-6-10-18/h4,7-8,11-14,18H,3,5-6,9-10,15-16H2,1-2H3,(H,26,30)/t25-/m0/s1. The fourth-order valence-electron chi connectivity index (χ4n) is 5.03. The second-order valence-electron chi connectivity index (χ2n) is 8.95. The maximum atomic E-state index is 13.8. The molecule has 3 aromatic rings. The van der Waals surface area contributed by atoms with E-state index in [4.69, 9.17) is 4.74 Å². The Hall–Kier alpha value is -2.80. The molecule has 2 aliphatic rings. The van der Waals surface area contributed by atoms with Gasteiger partial charge in [-0.05, 0) is 50.3 Å². The average Bonchev–Trinajstić information content (AvgIpc) is 3.51. The Morgan fingerprint density at radius 2 is 2.03 bits per heavy atom. The van der Waals surface area contributed by atoms with E-state index in [1.807, 2.05) is 60.2 Å². The van der Waals surface area contributed by atoms with Crippen LogP contribution in [0.15, 0.2) is 41.8 Å². The van der Waals surface area contributed by atoms with Crippen LogP contribution in [0.2, 0.25) is 0 Å². The highest BCUT2D eigenvalue weighted by molar-refractivity contribution is 7.17. The van der Waals surface area contributed by atoms with Gasteiger partial charge >= 0.3 is 0 Å². The summed E-state index contributed by atoms with van der Waals surface area (Å²) in [6, 6.07) is 11.9. The lowest BCUT2D eigenvalue weighted by atomic mass is 9.93. The van der Waals surface area contributed by atoms with E-state index in [0.717, 1.165) is 47.2 Å². The summed E-state index contributed by atoms with van der Waals surface area (Å²) < 4.78 is 8.91. The van der Waals surface area contributed by atoms with Crippen LogP contribution in [0.25, 0.3) is 10.2 Å². The fraction of sp³-hybridized carbons (Fsp3) is 0.440. The van der Waals surface area contributed by atoms with E-state index in [-0.39, 0.29) is 17.9 Å². The summed E-state index contributed by atoms with van der Waals surface area (Å²) in [5, 5.41) is 5.29. The van der Waals surface area contributed by atoms with E-state index < -0.39 is 5.54 Å². The van der Waals surface area contributed by atoms with Crippen molar-refractivity contribution in [3.63, 3.8) is 0 Å². The summed E-state index contributed by atoms with van der Waals surface area (Å²) in [7, 11) is 0. The molecule has 1 aliphatic carbocycles. The molecule has 3 heterocycles. The third-order valence-corrected chi connectivity index (χ3v) is 7.68. The normalized spacial score (nSPS) is 21.2. The van der Waals surface area contributed by atoms with Crippen molar-refractivity contribution in [1.29, 1.82) is 0 Å². The van der Waals surface area contributed by atoms with Crippen LogP contribution >= 0.6 is 11.3 Å². The maximum Gasteiger partial charge on any atom is 0.271 e. The monoisotopic (exact) mass is 451 g/mol. The summed E-state index contributed by atoms with van der Waals surface area (Å²) in [6.45, 7) is 5.15. The quantitative estimate of drug-likeness (QED) is 0.597. The summed E-state index contributed by atoms with van der Waals surface area (Å²) in [5.74, 6) is 0.563. The number of nitrogens with zero attached hydrogens (tertiary/aromatic N) is 2. The number of hydrogen-bond donors (Lipinski definition) is 1. The van der Waals surface area contributed by atoms with E-state index >= 15 is 0 Å². The Morgan fingerprint density at radius 3 is 2.81 bits per heavy atom. The fourth-order valence-corrected chi connectivity index (χ4v) is 5.86. The van der Waals surface area contributed by atoms with Gasteiger partial charge in [-0.3, -0.25) is 9.59 Å². The summed E-state index contributed by atoms with van der Waals surface area (Å²) in [6.07, 6.45) is 4.30. The first-order chi connectivity index (χ1) is 15.5. The molecule has 2 amide bonds. The van der Waals surface area contributed by atoms with Crippen LogP contribution in [-0.2, 0) is 17.9 Å². The van der Waals surface area contributed by atoms with Gasteiger partial charge in [0.2, 0.25) is 5.91 Å². The molecule has 0 unspecified atom stereocenters. The molecule has 0 radical (unpaired) electrons. The highest BCUT2D eigenvalue weighted by Gasteiger charge is 2.48. The van der Waals surface area contributed by atoms with Gasteiger partial charge in [0, 0.05) is 11.6 Å². The molecular formula is C25H29N3O3S. The van der Waals surface area contributed by atoms with Gasteiger partial charge in [0.25, 0.3) is 5.91 Å². The van der Waals surface area contributed by atoms with Crippen molar-refractivity contribution in [1.82, 2.24) is 14.8 Å². The van der Waals surface area contributed by atoms with Gasteiger partial charge in [-0.15, -0.1) is 11.3 Å². The van der Waals surface area contributed by atoms with Crippen LogP contribution in [0.1, 0.15) is 55.6 Å². The predicted octanol–water partition coefficient (Wildman–Crippen LogP) is 4.58. The highest BCUT2D eigenvalue weighted by Crippen LogP contribution is 2.36. The molecule has 32 heavy (non-hydrogen) atoms. The number of carbonyl (C=O) groups excluding carboxylic acids is 2.